The summed E-state index contributed by atoms with van der Waals surface area (Å²) in [5.74, 6) is -0.652. The number of aliphatic hydroxyl groups is 6. The minimum absolute atomic E-state index is 0.0420. The van der Waals surface area contributed by atoms with Crippen molar-refractivity contribution >= 4 is 13.8 Å². The lowest BCUT2D eigenvalue weighted by Crippen LogP contribution is -2.64. The van der Waals surface area contributed by atoms with Gasteiger partial charge in [-0.05, 0) is 44.9 Å². The van der Waals surface area contributed by atoms with Crippen LogP contribution in [0.1, 0.15) is 71.1 Å². The van der Waals surface area contributed by atoms with Gasteiger partial charge in [0.05, 0.1) is 13.2 Å². The number of aliphatic hydroxyl groups excluding tert-OH is 6. The van der Waals surface area contributed by atoms with Gasteiger partial charge in [-0.15, -0.1) is 0 Å². The van der Waals surface area contributed by atoms with Gasteiger partial charge in [-0.2, -0.15) is 0 Å². The summed E-state index contributed by atoms with van der Waals surface area (Å²) in [7, 11) is -5.02. The molecule has 1 saturated carbocycles. The summed E-state index contributed by atoms with van der Waals surface area (Å²) in [5.41, 5.74) is 0. The van der Waals surface area contributed by atoms with E-state index in [0.717, 1.165) is 25.7 Å². The van der Waals surface area contributed by atoms with Crippen LogP contribution in [0.2, 0.25) is 0 Å². The van der Waals surface area contributed by atoms with E-state index in [1.807, 2.05) is 12.2 Å². The minimum atomic E-state index is -5.02. The van der Waals surface area contributed by atoms with E-state index in [2.05, 4.69) is 47.9 Å². The normalized spacial score (nSPS) is 27.3. The van der Waals surface area contributed by atoms with E-state index in [-0.39, 0.29) is 6.42 Å². The van der Waals surface area contributed by atoms with E-state index in [1.165, 1.54) is 19.3 Å². The number of unbranched alkanes of at least 4 members (excludes halogenated alkanes) is 4. The second-order valence-electron chi connectivity index (χ2n) is 10.1. The van der Waals surface area contributed by atoms with Crippen LogP contribution in [0.25, 0.3) is 0 Å². The Balaban J connectivity index is 2.25. The van der Waals surface area contributed by atoms with Crippen molar-refractivity contribution < 1.29 is 58.7 Å². The highest BCUT2D eigenvalue weighted by atomic mass is 31.2. The predicted molar refractivity (Wildman–Crippen MR) is 156 cm³/mol. The summed E-state index contributed by atoms with van der Waals surface area (Å²) in [5, 5.41) is 58.3. The van der Waals surface area contributed by atoms with Crippen molar-refractivity contribution in [2.75, 3.05) is 13.2 Å². The summed E-state index contributed by atoms with van der Waals surface area (Å²) in [6.07, 6.45) is 12.4. The highest BCUT2D eigenvalue weighted by Gasteiger charge is 2.51. The maximum absolute atomic E-state index is 12.2. The molecule has 0 aromatic rings. The van der Waals surface area contributed by atoms with Crippen molar-refractivity contribution in [2.45, 2.75) is 114 Å². The Hall–Kier alpha value is -1.70. The SMILES string of the molecule is CCCCC/C=C\C/C=C\C/C=C\C/C=C\CCCC(=O)O[C@H](CO)COP(=O)(O)OC1[C@@H](O)[C@H](O)C(O)[C@H](O)[C@H]1O. The molecule has 42 heavy (non-hydrogen) atoms. The Kier molecular flexibility index (Phi) is 20.0. The lowest BCUT2D eigenvalue weighted by atomic mass is 9.85. The third-order valence-corrected chi connectivity index (χ3v) is 7.45. The quantitative estimate of drug-likeness (QED) is 0.0428. The average Bonchev–Trinajstić information content (AvgIpc) is 2.97. The summed E-state index contributed by atoms with van der Waals surface area (Å²) in [4.78, 5) is 22.0. The summed E-state index contributed by atoms with van der Waals surface area (Å²) in [6, 6.07) is 0. The van der Waals surface area contributed by atoms with E-state index in [9.17, 15) is 44.9 Å². The second-order valence-corrected chi connectivity index (χ2v) is 11.5. The van der Waals surface area contributed by atoms with Crippen LogP contribution in [0, 0.1) is 0 Å². The third kappa shape index (κ3) is 15.7. The first-order chi connectivity index (χ1) is 20.0. The maximum atomic E-state index is 12.2. The molecule has 1 fully saturated rings. The van der Waals surface area contributed by atoms with Crippen molar-refractivity contribution in [1.82, 2.24) is 0 Å². The van der Waals surface area contributed by atoms with Crippen LogP contribution in [-0.2, 0) is 23.1 Å². The lowest BCUT2D eigenvalue weighted by Gasteiger charge is -2.41. The first kappa shape index (κ1) is 38.3. The number of hydrogen-bond acceptors (Lipinski definition) is 11. The number of phosphoric acid groups is 1. The Bertz CT molecular complexity index is 889. The summed E-state index contributed by atoms with van der Waals surface area (Å²) >= 11 is 0. The van der Waals surface area contributed by atoms with Crippen molar-refractivity contribution in [1.29, 1.82) is 0 Å². The van der Waals surface area contributed by atoms with Crippen LogP contribution in [0.4, 0.5) is 0 Å². The first-order valence-corrected chi connectivity index (χ1v) is 16.0. The molecule has 0 aromatic carbocycles. The first-order valence-electron chi connectivity index (χ1n) is 14.5. The van der Waals surface area contributed by atoms with E-state index in [0.29, 0.717) is 12.8 Å². The van der Waals surface area contributed by atoms with Gasteiger partial charge in [-0.25, -0.2) is 4.57 Å². The molecule has 242 valence electrons. The molecule has 8 atom stereocenters. The van der Waals surface area contributed by atoms with Gasteiger partial charge in [0, 0.05) is 6.42 Å². The van der Waals surface area contributed by atoms with Gasteiger partial charge in [-0.1, -0.05) is 68.4 Å². The molecule has 0 bridgehead atoms. The van der Waals surface area contributed by atoms with Gasteiger partial charge in [-0.3, -0.25) is 13.8 Å². The second kappa shape index (κ2) is 21.9. The average molecular weight is 621 g/mol. The van der Waals surface area contributed by atoms with Crippen LogP contribution in [-0.4, -0.2) is 97.4 Å². The number of allylic oxidation sites excluding steroid dienone is 8. The van der Waals surface area contributed by atoms with Crippen LogP contribution in [0.3, 0.4) is 0 Å². The highest BCUT2D eigenvalue weighted by Crippen LogP contribution is 2.47. The molecule has 1 rings (SSSR count). The van der Waals surface area contributed by atoms with Crippen LogP contribution in [0.15, 0.2) is 48.6 Å². The summed E-state index contributed by atoms with van der Waals surface area (Å²) < 4.78 is 26.7. The standard InChI is InChI=1S/C29H49O12P/c1-2-3-4-5-6-7-8-9-10-11-12-13-14-15-16-17-18-19-23(31)40-22(20-30)21-39-42(37,38)41-29-27(35)25(33)24(32)26(34)28(29)36/h6-7,9-10,12-13,15-16,22,24-30,32-36H,2-5,8,11,14,17-21H2,1H3,(H,37,38)/b7-6-,10-9-,13-12-,16-15-/t22-,24?,25-,26+,27+,28-,29?/m1/s1. The number of esters is 1. The molecular formula is C29H49O12P. The summed E-state index contributed by atoms with van der Waals surface area (Å²) in [6.45, 7) is 0.728. The zero-order chi connectivity index (χ0) is 31.4. The van der Waals surface area contributed by atoms with Gasteiger partial charge in [0.1, 0.15) is 42.7 Å². The van der Waals surface area contributed by atoms with Gasteiger partial charge >= 0.3 is 13.8 Å². The number of carbonyl (C=O) groups excluding carboxylic acids is 1. The zero-order valence-electron chi connectivity index (χ0n) is 24.3. The monoisotopic (exact) mass is 620 g/mol. The topological polar surface area (TPSA) is 203 Å². The van der Waals surface area contributed by atoms with Crippen molar-refractivity contribution in [3.05, 3.63) is 48.6 Å². The molecule has 0 radical (unpaired) electrons. The van der Waals surface area contributed by atoms with Gasteiger partial charge in [0.15, 0.2) is 0 Å². The van der Waals surface area contributed by atoms with Gasteiger partial charge < -0.3 is 40.3 Å². The van der Waals surface area contributed by atoms with Gasteiger partial charge in [0.25, 0.3) is 0 Å². The Morgan fingerprint density at radius 2 is 1.24 bits per heavy atom. The van der Waals surface area contributed by atoms with E-state index >= 15 is 0 Å². The van der Waals surface area contributed by atoms with Crippen molar-refractivity contribution in [3.63, 3.8) is 0 Å². The third-order valence-electron chi connectivity index (χ3n) is 6.46. The van der Waals surface area contributed by atoms with Gasteiger partial charge in [0.2, 0.25) is 0 Å². The number of rotatable bonds is 21. The lowest BCUT2D eigenvalue weighted by molar-refractivity contribution is -0.220. The number of phosphoric ester groups is 1. The van der Waals surface area contributed by atoms with Crippen molar-refractivity contribution in [2.24, 2.45) is 0 Å². The predicted octanol–water partition coefficient (Wildman–Crippen LogP) is 2.36. The molecular weight excluding hydrogens is 571 g/mol. The molecule has 1 aliphatic rings. The number of carbonyl (C=O) groups is 1. The molecule has 0 spiro atoms. The van der Waals surface area contributed by atoms with Crippen molar-refractivity contribution in [3.8, 4) is 0 Å². The molecule has 0 aromatic heterocycles. The zero-order valence-corrected chi connectivity index (χ0v) is 25.2. The van der Waals surface area contributed by atoms with Crippen LogP contribution < -0.4 is 0 Å². The van der Waals surface area contributed by atoms with E-state index in [4.69, 9.17) is 9.26 Å². The number of hydrogen-bond donors (Lipinski definition) is 7. The molecule has 0 heterocycles. The van der Waals surface area contributed by atoms with E-state index < -0.39 is 69.7 Å². The maximum Gasteiger partial charge on any atom is 0.472 e. The number of ether oxygens (including phenoxy) is 1. The molecule has 1 aliphatic carbocycles. The Morgan fingerprint density at radius 3 is 1.74 bits per heavy atom. The Morgan fingerprint density at radius 1 is 0.762 bits per heavy atom. The molecule has 3 unspecified atom stereocenters. The minimum Gasteiger partial charge on any atom is -0.457 e. The molecule has 13 heteroatoms. The molecule has 0 saturated heterocycles. The molecule has 0 aliphatic heterocycles. The Labute approximate surface area is 248 Å². The fourth-order valence-corrected chi connectivity index (χ4v) is 4.95. The highest BCUT2D eigenvalue weighted by molar-refractivity contribution is 7.47. The smallest absolute Gasteiger partial charge is 0.457 e. The van der Waals surface area contributed by atoms with Crippen LogP contribution >= 0.6 is 7.82 Å². The van der Waals surface area contributed by atoms with Crippen LogP contribution in [0.5, 0.6) is 0 Å². The molecule has 0 amide bonds. The molecule has 12 nitrogen and oxygen atoms in total. The fourth-order valence-electron chi connectivity index (χ4n) is 3.98. The largest absolute Gasteiger partial charge is 0.472 e. The van der Waals surface area contributed by atoms with E-state index in [1.54, 1.807) is 0 Å². The molecule has 7 N–H and O–H groups in total. The fraction of sp³-hybridized carbons (Fsp3) is 0.690.